The summed E-state index contributed by atoms with van der Waals surface area (Å²) in [5.41, 5.74) is 0.509. The lowest BCUT2D eigenvalue weighted by Gasteiger charge is -2.31. The SMILES string of the molecule is COC(=O)c1cccc(C2(N(C)C(=O)OC(C)(C)C)CC2)c1. The molecular formula is C17H23NO4. The van der Waals surface area contributed by atoms with Crippen LogP contribution in [0, 0.1) is 0 Å². The van der Waals surface area contributed by atoms with Gasteiger partial charge in [-0.3, -0.25) is 0 Å². The topological polar surface area (TPSA) is 55.8 Å². The van der Waals surface area contributed by atoms with Gasteiger partial charge in [-0.2, -0.15) is 0 Å². The number of methoxy groups -OCH3 is 1. The Morgan fingerprint density at radius 2 is 1.86 bits per heavy atom. The Bertz CT molecular complexity index is 585. The van der Waals surface area contributed by atoms with Gasteiger partial charge in [0.1, 0.15) is 5.60 Å². The molecule has 1 aliphatic rings. The van der Waals surface area contributed by atoms with E-state index in [0.29, 0.717) is 5.56 Å². The minimum atomic E-state index is -0.532. The first-order chi connectivity index (χ1) is 10.2. The van der Waals surface area contributed by atoms with E-state index < -0.39 is 5.60 Å². The standard InChI is InChI=1S/C17H23NO4/c1-16(2,3)22-15(20)18(4)17(9-10-17)13-8-6-7-12(11-13)14(19)21-5/h6-8,11H,9-10H2,1-5H3. The zero-order chi connectivity index (χ0) is 16.5. The number of benzene rings is 1. The van der Waals surface area contributed by atoms with E-state index >= 15 is 0 Å². The summed E-state index contributed by atoms with van der Waals surface area (Å²) in [5.74, 6) is -0.377. The molecule has 5 heteroatoms. The van der Waals surface area contributed by atoms with E-state index in [1.54, 1.807) is 24.1 Å². The molecule has 1 aromatic carbocycles. The molecule has 0 saturated heterocycles. The third kappa shape index (κ3) is 3.24. The summed E-state index contributed by atoms with van der Waals surface area (Å²) in [6.45, 7) is 5.53. The number of carbonyl (C=O) groups excluding carboxylic acids is 2. The lowest BCUT2D eigenvalue weighted by Crippen LogP contribution is -2.41. The molecule has 2 rings (SSSR count). The van der Waals surface area contributed by atoms with E-state index in [2.05, 4.69) is 0 Å². The molecule has 0 atom stereocenters. The van der Waals surface area contributed by atoms with Crippen molar-refractivity contribution >= 4 is 12.1 Å². The van der Waals surface area contributed by atoms with E-state index in [9.17, 15) is 9.59 Å². The van der Waals surface area contributed by atoms with Crippen LogP contribution in [0.5, 0.6) is 0 Å². The van der Waals surface area contributed by atoms with Crippen LogP contribution in [0.3, 0.4) is 0 Å². The molecule has 0 radical (unpaired) electrons. The molecule has 1 saturated carbocycles. The summed E-state index contributed by atoms with van der Waals surface area (Å²) < 4.78 is 10.2. The average Bonchev–Trinajstić information content (AvgIpc) is 3.25. The quantitative estimate of drug-likeness (QED) is 0.804. The van der Waals surface area contributed by atoms with Gasteiger partial charge in [0.2, 0.25) is 0 Å². The van der Waals surface area contributed by atoms with Crippen molar-refractivity contribution < 1.29 is 19.1 Å². The van der Waals surface area contributed by atoms with Crippen molar-refractivity contribution in [1.29, 1.82) is 0 Å². The van der Waals surface area contributed by atoms with Gasteiger partial charge in [0.15, 0.2) is 0 Å². The summed E-state index contributed by atoms with van der Waals surface area (Å²) in [7, 11) is 3.10. The summed E-state index contributed by atoms with van der Waals surface area (Å²) in [4.78, 5) is 25.6. The molecule has 5 nitrogen and oxygen atoms in total. The van der Waals surface area contributed by atoms with E-state index in [4.69, 9.17) is 9.47 Å². The fraction of sp³-hybridized carbons (Fsp3) is 0.529. The van der Waals surface area contributed by atoms with Gasteiger partial charge >= 0.3 is 12.1 Å². The van der Waals surface area contributed by atoms with Crippen molar-refractivity contribution in [3.63, 3.8) is 0 Å². The smallest absolute Gasteiger partial charge is 0.410 e. The van der Waals surface area contributed by atoms with Crippen LogP contribution < -0.4 is 0 Å². The summed E-state index contributed by atoms with van der Waals surface area (Å²) in [6, 6.07) is 7.24. The Balaban J connectivity index is 2.24. The highest BCUT2D eigenvalue weighted by Crippen LogP contribution is 2.50. The fourth-order valence-electron chi connectivity index (χ4n) is 2.49. The van der Waals surface area contributed by atoms with Crippen LogP contribution in [-0.4, -0.2) is 36.7 Å². The molecule has 0 N–H and O–H groups in total. The molecule has 0 unspecified atom stereocenters. The number of amides is 1. The largest absolute Gasteiger partial charge is 0.465 e. The molecule has 1 aliphatic carbocycles. The minimum absolute atomic E-state index is 0.353. The second kappa shape index (κ2) is 5.63. The van der Waals surface area contributed by atoms with Crippen LogP contribution >= 0.6 is 0 Å². The van der Waals surface area contributed by atoms with Crippen LogP contribution in [-0.2, 0) is 15.0 Å². The Morgan fingerprint density at radius 1 is 1.23 bits per heavy atom. The van der Waals surface area contributed by atoms with Crippen LogP contribution in [0.2, 0.25) is 0 Å². The maximum absolute atomic E-state index is 12.3. The molecule has 0 aliphatic heterocycles. The molecule has 22 heavy (non-hydrogen) atoms. The zero-order valence-corrected chi connectivity index (χ0v) is 13.8. The molecule has 120 valence electrons. The van der Waals surface area contributed by atoms with Crippen molar-refractivity contribution in [2.75, 3.05) is 14.2 Å². The molecule has 0 aromatic heterocycles. The second-order valence-electron chi connectivity index (χ2n) is 6.64. The molecule has 0 spiro atoms. The second-order valence-corrected chi connectivity index (χ2v) is 6.64. The van der Waals surface area contributed by atoms with Gasteiger partial charge in [-0.1, -0.05) is 12.1 Å². The molecule has 1 amide bonds. The van der Waals surface area contributed by atoms with E-state index in [1.807, 2.05) is 32.9 Å². The van der Waals surface area contributed by atoms with Crippen molar-refractivity contribution in [2.45, 2.75) is 44.8 Å². The van der Waals surface area contributed by atoms with Crippen LogP contribution in [0.25, 0.3) is 0 Å². The maximum Gasteiger partial charge on any atom is 0.410 e. The molecule has 1 aromatic rings. The third-order valence-electron chi connectivity index (χ3n) is 3.85. The van der Waals surface area contributed by atoms with Crippen LogP contribution in [0.15, 0.2) is 24.3 Å². The van der Waals surface area contributed by atoms with Crippen molar-refractivity contribution in [1.82, 2.24) is 4.90 Å². The van der Waals surface area contributed by atoms with Gasteiger partial charge in [0.05, 0.1) is 18.2 Å². The number of nitrogens with zero attached hydrogens (tertiary/aromatic N) is 1. The van der Waals surface area contributed by atoms with Crippen molar-refractivity contribution in [3.05, 3.63) is 35.4 Å². The lowest BCUT2D eigenvalue weighted by molar-refractivity contribution is 0.0190. The Hall–Kier alpha value is -2.04. The highest BCUT2D eigenvalue weighted by Gasteiger charge is 2.51. The van der Waals surface area contributed by atoms with Gasteiger partial charge < -0.3 is 14.4 Å². The number of hydrogen-bond donors (Lipinski definition) is 0. The number of esters is 1. The van der Waals surface area contributed by atoms with Crippen molar-refractivity contribution in [3.8, 4) is 0 Å². The predicted molar refractivity (Wildman–Crippen MR) is 82.7 cm³/mol. The van der Waals surface area contributed by atoms with Crippen LogP contribution in [0.1, 0.15) is 49.5 Å². The molecule has 1 fully saturated rings. The summed E-state index contributed by atoms with van der Waals surface area (Å²) in [6.07, 6.45) is 1.36. The summed E-state index contributed by atoms with van der Waals surface area (Å²) >= 11 is 0. The monoisotopic (exact) mass is 305 g/mol. The fourth-order valence-corrected chi connectivity index (χ4v) is 2.49. The highest BCUT2D eigenvalue weighted by molar-refractivity contribution is 5.89. The van der Waals surface area contributed by atoms with Gasteiger partial charge in [-0.15, -0.1) is 0 Å². The lowest BCUT2D eigenvalue weighted by atomic mass is 10.0. The normalized spacial score (nSPS) is 15.9. The molecule has 0 bridgehead atoms. The predicted octanol–water partition coefficient (Wildman–Crippen LogP) is 3.33. The Morgan fingerprint density at radius 3 is 2.36 bits per heavy atom. The van der Waals surface area contributed by atoms with E-state index in [-0.39, 0.29) is 17.6 Å². The van der Waals surface area contributed by atoms with Crippen molar-refractivity contribution in [2.24, 2.45) is 0 Å². The first-order valence-electron chi connectivity index (χ1n) is 7.35. The zero-order valence-electron chi connectivity index (χ0n) is 13.8. The number of ether oxygens (including phenoxy) is 2. The number of hydrogen-bond acceptors (Lipinski definition) is 4. The number of rotatable bonds is 3. The highest BCUT2D eigenvalue weighted by atomic mass is 16.6. The first-order valence-corrected chi connectivity index (χ1v) is 7.35. The Kier molecular flexibility index (Phi) is 4.18. The maximum atomic E-state index is 12.3. The third-order valence-corrected chi connectivity index (χ3v) is 3.85. The van der Waals surface area contributed by atoms with E-state index in [0.717, 1.165) is 18.4 Å². The van der Waals surface area contributed by atoms with E-state index in [1.165, 1.54) is 7.11 Å². The summed E-state index contributed by atoms with van der Waals surface area (Å²) in [5, 5.41) is 0. The van der Waals surface area contributed by atoms with Gasteiger partial charge in [-0.05, 0) is 51.3 Å². The Labute approximate surface area is 131 Å². The van der Waals surface area contributed by atoms with Gasteiger partial charge in [0, 0.05) is 7.05 Å². The molecule has 0 heterocycles. The van der Waals surface area contributed by atoms with Gasteiger partial charge in [-0.25, -0.2) is 9.59 Å². The van der Waals surface area contributed by atoms with Gasteiger partial charge in [0.25, 0.3) is 0 Å². The molecular weight excluding hydrogens is 282 g/mol. The number of carbonyl (C=O) groups is 2. The minimum Gasteiger partial charge on any atom is -0.465 e. The average molecular weight is 305 g/mol. The van der Waals surface area contributed by atoms with Crippen LogP contribution in [0.4, 0.5) is 4.79 Å². The first kappa shape index (κ1) is 16.3.